The van der Waals surface area contributed by atoms with Gasteiger partial charge in [-0.25, -0.2) is 4.98 Å². The zero-order valence-electron chi connectivity index (χ0n) is 11.2. The first-order valence-electron chi connectivity index (χ1n) is 6.88. The van der Waals surface area contributed by atoms with Crippen LogP contribution in [0.3, 0.4) is 0 Å². The van der Waals surface area contributed by atoms with Crippen molar-refractivity contribution in [3.63, 3.8) is 0 Å². The van der Waals surface area contributed by atoms with Crippen molar-refractivity contribution in [1.82, 2.24) is 14.9 Å². The van der Waals surface area contributed by atoms with Crippen LogP contribution in [0.1, 0.15) is 17.9 Å². The van der Waals surface area contributed by atoms with Crippen molar-refractivity contribution in [2.75, 3.05) is 18.4 Å². The van der Waals surface area contributed by atoms with Crippen LogP contribution in [0.4, 0.5) is 5.69 Å². The average Bonchev–Trinajstić information content (AvgIpc) is 3.09. The number of para-hydroxylation sites is 1. The van der Waals surface area contributed by atoms with Crippen LogP contribution in [0.25, 0.3) is 0 Å². The number of anilines is 1. The van der Waals surface area contributed by atoms with Crippen molar-refractivity contribution in [3.8, 4) is 0 Å². The number of amides is 1. The molecular formula is C15H18N4O. The summed E-state index contributed by atoms with van der Waals surface area (Å²) in [4.78, 5) is 15.9. The Balaban J connectivity index is 1.48. The number of nitrogens with zero attached hydrogens (tertiary/aromatic N) is 2. The Morgan fingerprint density at radius 1 is 1.45 bits per heavy atom. The Morgan fingerprint density at radius 2 is 2.35 bits per heavy atom. The molecule has 5 nitrogen and oxygen atoms in total. The number of hydrogen-bond donors (Lipinski definition) is 2. The highest BCUT2D eigenvalue weighted by Gasteiger charge is 2.23. The molecule has 1 aromatic heterocycles. The summed E-state index contributed by atoms with van der Waals surface area (Å²) in [5.41, 5.74) is 2.40. The second-order valence-corrected chi connectivity index (χ2v) is 5.02. The van der Waals surface area contributed by atoms with Crippen LogP contribution < -0.4 is 10.6 Å². The molecule has 2 N–H and O–H groups in total. The van der Waals surface area contributed by atoms with Crippen LogP contribution >= 0.6 is 0 Å². The fourth-order valence-electron chi connectivity index (χ4n) is 2.58. The van der Waals surface area contributed by atoms with E-state index in [0.717, 1.165) is 18.8 Å². The monoisotopic (exact) mass is 270 g/mol. The van der Waals surface area contributed by atoms with Crippen molar-refractivity contribution in [2.45, 2.75) is 18.9 Å². The predicted molar refractivity (Wildman–Crippen MR) is 77.5 cm³/mol. The maximum Gasteiger partial charge on any atom is 0.220 e. The molecule has 1 atom stereocenters. The summed E-state index contributed by atoms with van der Waals surface area (Å²) in [6, 6.07) is 8.19. The number of hydrogen-bond acceptors (Lipinski definition) is 3. The number of benzene rings is 1. The number of carbonyl (C=O) groups excluding carboxylic acids is 1. The number of carbonyl (C=O) groups is 1. The molecule has 1 unspecified atom stereocenters. The van der Waals surface area contributed by atoms with E-state index in [0.29, 0.717) is 13.0 Å². The van der Waals surface area contributed by atoms with Gasteiger partial charge < -0.3 is 15.2 Å². The minimum Gasteiger partial charge on any atom is -0.384 e. The molecule has 20 heavy (non-hydrogen) atoms. The van der Waals surface area contributed by atoms with Gasteiger partial charge in [0.2, 0.25) is 5.91 Å². The number of nitrogens with one attached hydrogen (secondary N) is 2. The first-order chi connectivity index (χ1) is 9.83. The Morgan fingerprint density at radius 3 is 3.20 bits per heavy atom. The molecule has 5 heteroatoms. The highest BCUT2D eigenvalue weighted by Crippen LogP contribution is 2.32. The Bertz CT molecular complexity index is 579. The molecule has 0 bridgehead atoms. The summed E-state index contributed by atoms with van der Waals surface area (Å²) < 4.78 is 1.95. The fourth-order valence-corrected chi connectivity index (χ4v) is 2.58. The van der Waals surface area contributed by atoms with E-state index in [-0.39, 0.29) is 11.8 Å². The first-order valence-corrected chi connectivity index (χ1v) is 6.88. The molecule has 0 aliphatic carbocycles. The fraction of sp³-hybridized carbons (Fsp3) is 0.333. The maximum absolute atomic E-state index is 12.0. The molecule has 0 radical (unpaired) electrons. The largest absolute Gasteiger partial charge is 0.384 e. The summed E-state index contributed by atoms with van der Waals surface area (Å²) in [6.07, 6.45) is 5.92. The lowest BCUT2D eigenvalue weighted by Crippen LogP contribution is -2.28. The van der Waals surface area contributed by atoms with E-state index in [1.807, 2.05) is 22.9 Å². The van der Waals surface area contributed by atoms with E-state index in [2.05, 4.69) is 27.8 Å². The average molecular weight is 270 g/mol. The van der Waals surface area contributed by atoms with Gasteiger partial charge in [-0.2, -0.15) is 0 Å². The maximum atomic E-state index is 12.0. The summed E-state index contributed by atoms with van der Waals surface area (Å²) >= 11 is 0. The molecule has 1 aliphatic heterocycles. The Hall–Kier alpha value is -2.30. The number of aromatic nitrogens is 2. The molecule has 1 aromatic carbocycles. The van der Waals surface area contributed by atoms with Crippen molar-refractivity contribution in [1.29, 1.82) is 0 Å². The normalized spacial score (nSPS) is 16.5. The van der Waals surface area contributed by atoms with Crippen LogP contribution in [0, 0.1) is 0 Å². The second-order valence-electron chi connectivity index (χ2n) is 5.02. The van der Waals surface area contributed by atoms with Crippen LogP contribution in [-0.2, 0) is 11.3 Å². The Kier molecular flexibility index (Phi) is 3.67. The Labute approximate surface area is 118 Å². The molecule has 104 valence electrons. The van der Waals surface area contributed by atoms with E-state index in [1.165, 1.54) is 5.56 Å². The standard InChI is InChI=1S/C15H18N4O/c20-15(17-6-8-19-7-5-16-11-19)9-12-10-18-14-4-2-1-3-13(12)14/h1-5,7,11-12,18H,6,8-10H2,(H,17,20). The number of rotatable bonds is 5. The molecule has 3 rings (SSSR count). The van der Waals surface area contributed by atoms with Crippen molar-refractivity contribution < 1.29 is 4.79 Å². The van der Waals surface area contributed by atoms with E-state index < -0.39 is 0 Å². The smallest absolute Gasteiger partial charge is 0.220 e. The van der Waals surface area contributed by atoms with Gasteiger partial charge >= 0.3 is 0 Å². The molecule has 0 saturated heterocycles. The van der Waals surface area contributed by atoms with Gasteiger partial charge in [-0.15, -0.1) is 0 Å². The third kappa shape index (κ3) is 2.82. The highest BCUT2D eigenvalue weighted by molar-refractivity contribution is 5.78. The number of fused-ring (bicyclic) bond motifs is 1. The van der Waals surface area contributed by atoms with Crippen LogP contribution in [0.2, 0.25) is 0 Å². The van der Waals surface area contributed by atoms with Gasteiger partial charge in [0.05, 0.1) is 6.33 Å². The summed E-state index contributed by atoms with van der Waals surface area (Å²) in [5.74, 6) is 0.382. The molecule has 1 amide bonds. The second kappa shape index (κ2) is 5.77. The topological polar surface area (TPSA) is 59.0 Å². The van der Waals surface area contributed by atoms with E-state index in [1.54, 1.807) is 12.5 Å². The lowest BCUT2D eigenvalue weighted by Gasteiger charge is -2.10. The zero-order chi connectivity index (χ0) is 13.8. The minimum absolute atomic E-state index is 0.105. The van der Waals surface area contributed by atoms with E-state index in [9.17, 15) is 4.79 Å². The van der Waals surface area contributed by atoms with E-state index >= 15 is 0 Å². The molecule has 0 spiro atoms. The molecule has 2 aromatic rings. The molecular weight excluding hydrogens is 252 g/mol. The van der Waals surface area contributed by atoms with Crippen LogP contribution in [0.5, 0.6) is 0 Å². The molecule has 2 heterocycles. The van der Waals surface area contributed by atoms with Crippen LogP contribution in [0.15, 0.2) is 43.0 Å². The zero-order valence-corrected chi connectivity index (χ0v) is 11.2. The highest BCUT2D eigenvalue weighted by atomic mass is 16.1. The van der Waals surface area contributed by atoms with Crippen LogP contribution in [-0.4, -0.2) is 28.5 Å². The quantitative estimate of drug-likeness (QED) is 0.867. The van der Waals surface area contributed by atoms with Gasteiger partial charge in [0.25, 0.3) is 0 Å². The summed E-state index contributed by atoms with van der Waals surface area (Å²) in [7, 11) is 0. The lowest BCUT2D eigenvalue weighted by molar-refractivity contribution is -0.121. The SMILES string of the molecule is O=C(CC1CNc2ccccc21)NCCn1ccnc1. The summed E-state index contributed by atoms with van der Waals surface area (Å²) in [6.45, 7) is 2.23. The van der Waals surface area contributed by atoms with Crippen molar-refractivity contribution in [3.05, 3.63) is 48.5 Å². The number of imidazole rings is 1. The van der Waals surface area contributed by atoms with Crippen molar-refractivity contribution in [2.24, 2.45) is 0 Å². The van der Waals surface area contributed by atoms with Gasteiger partial charge in [0.15, 0.2) is 0 Å². The van der Waals surface area contributed by atoms with Gasteiger partial charge in [-0.3, -0.25) is 4.79 Å². The molecule has 0 saturated carbocycles. The third-order valence-electron chi connectivity index (χ3n) is 3.62. The van der Waals surface area contributed by atoms with Gasteiger partial charge in [0, 0.05) is 50.1 Å². The summed E-state index contributed by atoms with van der Waals surface area (Å²) in [5, 5.41) is 6.30. The van der Waals surface area contributed by atoms with Gasteiger partial charge in [0.1, 0.15) is 0 Å². The van der Waals surface area contributed by atoms with Crippen molar-refractivity contribution >= 4 is 11.6 Å². The third-order valence-corrected chi connectivity index (χ3v) is 3.62. The van der Waals surface area contributed by atoms with Gasteiger partial charge in [-0.1, -0.05) is 18.2 Å². The molecule has 0 fully saturated rings. The predicted octanol–water partition coefficient (Wildman–Crippen LogP) is 1.60. The van der Waals surface area contributed by atoms with E-state index in [4.69, 9.17) is 0 Å². The van der Waals surface area contributed by atoms with Gasteiger partial charge in [-0.05, 0) is 11.6 Å². The lowest BCUT2D eigenvalue weighted by atomic mass is 9.98. The first kappa shape index (κ1) is 12.7. The minimum atomic E-state index is 0.105. The molecule has 1 aliphatic rings.